The van der Waals surface area contributed by atoms with Crippen molar-refractivity contribution in [3.8, 4) is 5.75 Å². The number of likely N-dealkylation sites (N-methyl/N-ethyl adjacent to an activating group) is 1. The Balaban J connectivity index is 1.99. The number of unbranched alkanes of at least 4 members (excludes halogenated alkanes) is 1. The van der Waals surface area contributed by atoms with Gasteiger partial charge in [-0.05, 0) is 37.6 Å². The second kappa shape index (κ2) is 7.62. The molecule has 1 fully saturated rings. The van der Waals surface area contributed by atoms with E-state index in [0.717, 1.165) is 47.0 Å². The molecule has 0 atom stereocenters. The molecule has 0 N–H and O–H groups in total. The average molecular weight is 375 g/mol. The van der Waals surface area contributed by atoms with Crippen LogP contribution in [0.4, 0.5) is 5.69 Å². The molecular formula is C19H22N2O2S2. The minimum Gasteiger partial charge on any atom is -0.497 e. The van der Waals surface area contributed by atoms with Crippen LogP contribution in [0.1, 0.15) is 32.3 Å². The highest BCUT2D eigenvalue weighted by molar-refractivity contribution is 8.26. The number of nitrogens with zero attached hydrogens (tertiary/aromatic N) is 2. The van der Waals surface area contributed by atoms with Crippen LogP contribution < -0.4 is 9.64 Å². The molecule has 3 rings (SSSR count). The summed E-state index contributed by atoms with van der Waals surface area (Å²) in [6.45, 7) is 5.68. The van der Waals surface area contributed by atoms with Crippen molar-refractivity contribution in [2.75, 3.05) is 25.1 Å². The molecule has 4 nitrogen and oxygen atoms in total. The first-order valence-corrected chi connectivity index (χ1v) is 9.74. The van der Waals surface area contributed by atoms with Gasteiger partial charge in [0.2, 0.25) is 0 Å². The largest absolute Gasteiger partial charge is 0.497 e. The maximum atomic E-state index is 12.9. The van der Waals surface area contributed by atoms with E-state index in [2.05, 4.69) is 18.7 Å². The zero-order chi connectivity index (χ0) is 18.0. The van der Waals surface area contributed by atoms with Gasteiger partial charge in [-0.2, -0.15) is 0 Å². The van der Waals surface area contributed by atoms with E-state index >= 15 is 0 Å². The lowest BCUT2D eigenvalue weighted by Gasteiger charge is -2.30. The molecule has 132 valence electrons. The van der Waals surface area contributed by atoms with Gasteiger partial charge >= 0.3 is 0 Å². The van der Waals surface area contributed by atoms with Crippen LogP contribution in [0.3, 0.4) is 0 Å². The quantitative estimate of drug-likeness (QED) is 0.563. The van der Waals surface area contributed by atoms with Crippen LogP contribution in [0.2, 0.25) is 0 Å². The summed E-state index contributed by atoms with van der Waals surface area (Å²) in [7, 11) is 1.67. The third-order valence-electron chi connectivity index (χ3n) is 4.37. The summed E-state index contributed by atoms with van der Waals surface area (Å²) in [5, 5.41) is 0. The number of amides is 1. The summed E-state index contributed by atoms with van der Waals surface area (Å²) >= 11 is 6.85. The van der Waals surface area contributed by atoms with E-state index in [1.54, 1.807) is 12.0 Å². The molecule has 6 heteroatoms. The van der Waals surface area contributed by atoms with Gasteiger partial charge in [0.25, 0.3) is 5.91 Å². The first kappa shape index (κ1) is 18.0. The minimum absolute atomic E-state index is 0.0264. The summed E-state index contributed by atoms with van der Waals surface area (Å²) in [6, 6.07) is 6.00. The summed E-state index contributed by atoms with van der Waals surface area (Å²) in [4.78, 5) is 17.5. The topological polar surface area (TPSA) is 32.8 Å². The third-order valence-corrected chi connectivity index (χ3v) is 5.82. The SMILES string of the molecule is CCCCN1C(=O)/C(=C2\C=Cc3cc(OC)ccc3N2CC)SC1=S. The normalized spacial score (nSPS) is 19.6. The van der Waals surface area contributed by atoms with Crippen molar-refractivity contribution in [1.29, 1.82) is 0 Å². The molecule has 2 aliphatic rings. The summed E-state index contributed by atoms with van der Waals surface area (Å²) in [5.74, 6) is 0.854. The number of carbonyl (C=O) groups excluding carboxylic acids is 1. The van der Waals surface area contributed by atoms with Gasteiger partial charge in [-0.1, -0.05) is 43.4 Å². The number of fused-ring (bicyclic) bond motifs is 1. The molecule has 0 spiro atoms. The Hall–Kier alpha value is -1.79. The van der Waals surface area contributed by atoms with Gasteiger partial charge in [0, 0.05) is 24.3 Å². The van der Waals surface area contributed by atoms with E-state index in [0.29, 0.717) is 10.9 Å². The van der Waals surface area contributed by atoms with E-state index in [9.17, 15) is 4.79 Å². The van der Waals surface area contributed by atoms with Crippen LogP contribution in [0.5, 0.6) is 5.75 Å². The van der Waals surface area contributed by atoms with Gasteiger partial charge < -0.3 is 9.64 Å². The van der Waals surface area contributed by atoms with Gasteiger partial charge in [-0.15, -0.1) is 0 Å². The number of allylic oxidation sites excluding steroid dienone is 1. The second-order valence-corrected chi connectivity index (χ2v) is 7.54. The van der Waals surface area contributed by atoms with Crippen molar-refractivity contribution < 1.29 is 9.53 Å². The number of anilines is 1. The first-order chi connectivity index (χ1) is 12.1. The maximum Gasteiger partial charge on any atom is 0.268 e. The van der Waals surface area contributed by atoms with E-state index in [1.165, 1.54) is 11.8 Å². The highest BCUT2D eigenvalue weighted by Gasteiger charge is 2.35. The van der Waals surface area contributed by atoms with Crippen LogP contribution >= 0.6 is 24.0 Å². The molecule has 0 bridgehead atoms. The van der Waals surface area contributed by atoms with Gasteiger partial charge in [-0.25, -0.2) is 0 Å². The first-order valence-electron chi connectivity index (χ1n) is 8.52. The summed E-state index contributed by atoms with van der Waals surface area (Å²) in [5.41, 5.74) is 3.10. The predicted octanol–water partition coefficient (Wildman–Crippen LogP) is 4.42. The van der Waals surface area contributed by atoms with E-state index in [1.807, 2.05) is 30.4 Å². The number of benzene rings is 1. The molecule has 2 aliphatic heterocycles. The maximum absolute atomic E-state index is 12.9. The molecule has 1 aromatic carbocycles. The van der Waals surface area contributed by atoms with Crippen LogP contribution in [0, 0.1) is 0 Å². The van der Waals surface area contributed by atoms with E-state index < -0.39 is 0 Å². The molecule has 0 unspecified atom stereocenters. The second-order valence-electron chi connectivity index (χ2n) is 5.90. The lowest BCUT2D eigenvalue weighted by atomic mass is 10.0. The predicted molar refractivity (Wildman–Crippen MR) is 109 cm³/mol. The fourth-order valence-corrected chi connectivity index (χ4v) is 4.39. The number of hydrogen-bond acceptors (Lipinski definition) is 5. The van der Waals surface area contributed by atoms with Gasteiger partial charge in [0.1, 0.15) is 15.0 Å². The number of hydrogen-bond donors (Lipinski definition) is 0. The summed E-state index contributed by atoms with van der Waals surface area (Å²) < 4.78 is 5.97. The lowest BCUT2D eigenvalue weighted by molar-refractivity contribution is -0.122. The van der Waals surface area contributed by atoms with Crippen molar-refractivity contribution in [2.45, 2.75) is 26.7 Å². The number of rotatable bonds is 5. The van der Waals surface area contributed by atoms with Crippen molar-refractivity contribution in [1.82, 2.24) is 4.90 Å². The number of thioether (sulfide) groups is 1. The zero-order valence-corrected chi connectivity index (χ0v) is 16.4. The van der Waals surface area contributed by atoms with E-state index in [4.69, 9.17) is 17.0 Å². The Labute approximate surface area is 158 Å². The fourth-order valence-electron chi connectivity index (χ4n) is 3.03. The van der Waals surface area contributed by atoms with Gasteiger partial charge in [0.05, 0.1) is 12.8 Å². The lowest BCUT2D eigenvalue weighted by Crippen LogP contribution is -2.31. The molecule has 1 amide bonds. The molecule has 0 aliphatic carbocycles. The number of ether oxygens (including phenoxy) is 1. The van der Waals surface area contributed by atoms with Crippen molar-refractivity contribution in [3.05, 3.63) is 40.4 Å². The van der Waals surface area contributed by atoms with Crippen LogP contribution in [-0.2, 0) is 4.79 Å². The van der Waals surface area contributed by atoms with Crippen LogP contribution in [-0.4, -0.2) is 35.3 Å². The molecule has 0 aromatic heterocycles. The molecule has 1 saturated heterocycles. The summed E-state index contributed by atoms with van der Waals surface area (Å²) in [6.07, 6.45) is 6.06. The Morgan fingerprint density at radius 3 is 2.68 bits per heavy atom. The van der Waals surface area contributed by atoms with E-state index in [-0.39, 0.29) is 5.91 Å². The molecular weight excluding hydrogens is 352 g/mol. The molecule has 0 radical (unpaired) electrons. The minimum atomic E-state index is 0.0264. The Morgan fingerprint density at radius 2 is 2.00 bits per heavy atom. The van der Waals surface area contributed by atoms with Crippen molar-refractivity contribution >= 4 is 46.0 Å². The molecule has 25 heavy (non-hydrogen) atoms. The van der Waals surface area contributed by atoms with Gasteiger partial charge in [0.15, 0.2) is 0 Å². The fraction of sp³-hybridized carbons (Fsp3) is 0.368. The zero-order valence-electron chi connectivity index (χ0n) is 14.7. The van der Waals surface area contributed by atoms with Crippen molar-refractivity contribution in [2.24, 2.45) is 0 Å². The average Bonchev–Trinajstić information content (AvgIpc) is 2.92. The van der Waals surface area contributed by atoms with Gasteiger partial charge in [-0.3, -0.25) is 9.69 Å². The highest BCUT2D eigenvalue weighted by atomic mass is 32.2. The number of carbonyl (C=O) groups is 1. The molecule has 2 heterocycles. The Morgan fingerprint density at radius 1 is 1.20 bits per heavy atom. The number of methoxy groups -OCH3 is 1. The third kappa shape index (κ3) is 3.33. The van der Waals surface area contributed by atoms with Crippen LogP contribution in [0.15, 0.2) is 34.9 Å². The van der Waals surface area contributed by atoms with Crippen LogP contribution in [0.25, 0.3) is 6.08 Å². The van der Waals surface area contributed by atoms with Crippen molar-refractivity contribution in [3.63, 3.8) is 0 Å². The molecule has 0 saturated carbocycles. The smallest absolute Gasteiger partial charge is 0.268 e. The number of thiocarbonyl (C=S) groups is 1. The molecule has 1 aromatic rings. The highest BCUT2D eigenvalue weighted by Crippen LogP contribution is 2.40. The Kier molecular flexibility index (Phi) is 5.49. The Bertz CT molecular complexity index is 771. The monoisotopic (exact) mass is 374 g/mol. The standard InChI is InChI=1S/C19H22N2O2S2/c1-4-6-11-21-18(22)17(25-19(21)24)16-9-7-13-12-14(23-3)8-10-15(13)20(16)5-2/h7-10,12H,4-6,11H2,1-3H3/b17-16-.